The largest absolute Gasteiger partial charge is 0.315 e. The summed E-state index contributed by atoms with van der Waals surface area (Å²) in [7, 11) is 2.05. The lowest BCUT2D eigenvalue weighted by atomic mass is 9.96. The number of hydrogen-bond donors (Lipinski definition) is 1. The van der Waals surface area contributed by atoms with Crippen molar-refractivity contribution in [3.05, 3.63) is 12.7 Å². The number of unbranched alkanes of at least 4 members (excludes halogenated alkanes) is 8. The highest BCUT2D eigenvalue weighted by Gasteiger charge is 2.12. The molecule has 0 aliphatic rings. The van der Waals surface area contributed by atoms with E-state index in [1.807, 2.05) is 0 Å². The van der Waals surface area contributed by atoms with E-state index in [0.29, 0.717) is 5.54 Å². The van der Waals surface area contributed by atoms with Gasteiger partial charge >= 0.3 is 0 Å². The Balaban J connectivity index is 3.11. The van der Waals surface area contributed by atoms with Crippen molar-refractivity contribution in [3.8, 4) is 0 Å². The van der Waals surface area contributed by atoms with Gasteiger partial charge in [0.05, 0.1) is 0 Å². The first-order valence-corrected chi connectivity index (χ1v) is 7.35. The van der Waals surface area contributed by atoms with Crippen molar-refractivity contribution in [2.75, 3.05) is 7.05 Å². The summed E-state index contributed by atoms with van der Waals surface area (Å²) in [4.78, 5) is 0. The molecule has 0 heterocycles. The molecular weight excluding hydrogens is 206 g/mol. The highest BCUT2D eigenvalue weighted by atomic mass is 14.9. The van der Waals surface area contributed by atoms with E-state index in [-0.39, 0.29) is 0 Å². The van der Waals surface area contributed by atoms with Gasteiger partial charge in [0, 0.05) is 5.54 Å². The van der Waals surface area contributed by atoms with Crippen molar-refractivity contribution in [2.45, 2.75) is 83.6 Å². The van der Waals surface area contributed by atoms with Gasteiger partial charge in [-0.05, 0) is 40.2 Å². The Labute approximate surface area is 109 Å². The number of rotatable bonds is 12. The van der Waals surface area contributed by atoms with Crippen molar-refractivity contribution in [1.82, 2.24) is 5.32 Å². The molecule has 0 aromatic rings. The fraction of sp³-hybridized carbons (Fsp3) is 0.875. The van der Waals surface area contributed by atoms with Crippen LogP contribution in [0, 0.1) is 6.58 Å². The molecule has 0 saturated carbocycles. The summed E-state index contributed by atoms with van der Waals surface area (Å²) >= 11 is 0. The van der Waals surface area contributed by atoms with Gasteiger partial charge in [0.2, 0.25) is 0 Å². The normalized spacial score (nSPS) is 11.7. The van der Waals surface area contributed by atoms with Gasteiger partial charge in [-0.25, -0.2) is 0 Å². The van der Waals surface area contributed by atoms with Gasteiger partial charge in [-0.2, -0.15) is 0 Å². The first-order chi connectivity index (χ1) is 8.12. The lowest BCUT2D eigenvalue weighted by Gasteiger charge is -2.23. The van der Waals surface area contributed by atoms with Crippen LogP contribution in [0.5, 0.6) is 0 Å². The van der Waals surface area contributed by atoms with Crippen LogP contribution < -0.4 is 5.32 Å². The zero-order valence-electron chi connectivity index (χ0n) is 12.2. The molecule has 0 amide bonds. The van der Waals surface area contributed by atoms with Crippen molar-refractivity contribution >= 4 is 0 Å². The third-order valence-electron chi connectivity index (χ3n) is 3.60. The standard InChI is InChI=1S/C16H32N/c1-5-6-7-8-9-10-11-12-13-14-15-16(2,3)17-4/h1,5,17H,6-15H2,2-4H3. The Hall–Kier alpha value is -0.300. The molecule has 0 aliphatic carbocycles. The molecule has 0 bridgehead atoms. The molecular formula is C16H32N. The minimum atomic E-state index is 0.318. The average molecular weight is 238 g/mol. The maximum absolute atomic E-state index is 5.34. The Bertz CT molecular complexity index is 172. The smallest absolute Gasteiger partial charge is 0.0122 e. The van der Waals surface area contributed by atoms with Crippen LogP contribution in [0.2, 0.25) is 0 Å². The molecule has 1 nitrogen and oxygen atoms in total. The molecule has 0 aromatic heterocycles. The van der Waals surface area contributed by atoms with Gasteiger partial charge < -0.3 is 5.32 Å². The molecule has 0 fully saturated rings. The molecule has 1 radical (unpaired) electrons. The Morgan fingerprint density at radius 3 is 1.82 bits per heavy atom. The summed E-state index contributed by atoms with van der Waals surface area (Å²) < 4.78 is 0. The minimum absolute atomic E-state index is 0.318. The second-order valence-corrected chi connectivity index (χ2v) is 5.74. The molecule has 17 heavy (non-hydrogen) atoms. The van der Waals surface area contributed by atoms with Crippen LogP contribution in [0.3, 0.4) is 0 Å². The van der Waals surface area contributed by atoms with Gasteiger partial charge in [-0.3, -0.25) is 0 Å². The highest BCUT2D eigenvalue weighted by Crippen LogP contribution is 2.15. The minimum Gasteiger partial charge on any atom is -0.315 e. The van der Waals surface area contributed by atoms with Crippen molar-refractivity contribution in [1.29, 1.82) is 0 Å². The molecule has 1 heteroatoms. The van der Waals surface area contributed by atoms with Gasteiger partial charge in [0.1, 0.15) is 0 Å². The lowest BCUT2D eigenvalue weighted by Crippen LogP contribution is -2.35. The van der Waals surface area contributed by atoms with Crippen LogP contribution in [-0.2, 0) is 0 Å². The molecule has 0 atom stereocenters. The summed E-state index contributed by atoms with van der Waals surface area (Å²) in [6.07, 6.45) is 15.1. The van der Waals surface area contributed by atoms with Crippen molar-refractivity contribution < 1.29 is 0 Å². The molecule has 101 valence electrons. The summed E-state index contributed by atoms with van der Waals surface area (Å²) in [5, 5.41) is 3.36. The number of nitrogens with one attached hydrogen (secondary N) is 1. The maximum atomic E-state index is 5.34. The quantitative estimate of drug-likeness (QED) is 0.478. The van der Waals surface area contributed by atoms with Crippen LogP contribution in [0.1, 0.15) is 78.1 Å². The number of hydrogen-bond acceptors (Lipinski definition) is 1. The average Bonchev–Trinajstić information content (AvgIpc) is 2.31. The summed E-state index contributed by atoms with van der Waals surface area (Å²) in [6, 6.07) is 0. The monoisotopic (exact) mass is 238 g/mol. The SMILES string of the molecule is [CH]=CCCCCCCCCCCC(C)(C)NC. The zero-order chi connectivity index (χ0) is 13.0. The molecule has 0 unspecified atom stereocenters. The van der Waals surface area contributed by atoms with Gasteiger partial charge in [-0.15, -0.1) is 0 Å². The fourth-order valence-electron chi connectivity index (χ4n) is 2.01. The van der Waals surface area contributed by atoms with Crippen LogP contribution in [0.15, 0.2) is 6.08 Å². The van der Waals surface area contributed by atoms with E-state index in [4.69, 9.17) is 6.58 Å². The first kappa shape index (κ1) is 16.7. The Morgan fingerprint density at radius 2 is 1.35 bits per heavy atom. The molecule has 0 rings (SSSR count). The first-order valence-electron chi connectivity index (χ1n) is 7.35. The molecule has 1 N–H and O–H groups in total. The second-order valence-electron chi connectivity index (χ2n) is 5.74. The third-order valence-corrected chi connectivity index (χ3v) is 3.60. The highest BCUT2D eigenvalue weighted by molar-refractivity contribution is 4.74. The van der Waals surface area contributed by atoms with E-state index in [1.54, 1.807) is 6.08 Å². The molecule has 0 aromatic carbocycles. The van der Waals surface area contributed by atoms with E-state index in [1.165, 1.54) is 57.8 Å². The van der Waals surface area contributed by atoms with E-state index in [2.05, 4.69) is 26.2 Å². The molecule has 0 aliphatic heterocycles. The zero-order valence-corrected chi connectivity index (χ0v) is 12.2. The predicted molar refractivity (Wildman–Crippen MR) is 78.2 cm³/mol. The fourth-order valence-corrected chi connectivity index (χ4v) is 2.01. The van der Waals surface area contributed by atoms with E-state index in [0.717, 1.165) is 6.42 Å². The molecule has 0 saturated heterocycles. The Kier molecular flexibility index (Phi) is 10.6. The Morgan fingerprint density at radius 1 is 0.882 bits per heavy atom. The van der Waals surface area contributed by atoms with Crippen LogP contribution in [0.4, 0.5) is 0 Å². The lowest BCUT2D eigenvalue weighted by molar-refractivity contribution is 0.373. The summed E-state index contributed by atoms with van der Waals surface area (Å²) in [6.45, 7) is 9.90. The van der Waals surface area contributed by atoms with E-state index >= 15 is 0 Å². The van der Waals surface area contributed by atoms with Crippen LogP contribution in [-0.4, -0.2) is 12.6 Å². The topological polar surface area (TPSA) is 12.0 Å². The van der Waals surface area contributed by atoms with Crippen molar-refractivity contribution in [3.63, 3.8) is 0 Å². The van der Waals surface area contributed by atoms with Gasteiger partial charge in [-0.1, -0.05) is 57.6 Å². The summed E-state index contributed by atoms with van der Waals surface area (Å²) in [5.74, 6) is 0. The second kappa shape index (κ2) is 10.8. The van der Waals surface area contributed by atoms with Gasteiger partial charge in [0.15, 0.2) is 0 Å². The van der Waals surface area contributed by atoms with E-state index in [9.17, 15) is 0 Å². The molecule has 0 spiro atoms. The van der Waals surface area contributed by atoms with Crippen LogP contribution in [0.25, 0.3) is 0 Å². The summed E-state index contributed by atoms with van der Waals surface area (Å²) in [5.41, 5.74) is 0.318. The van der Waals surface area contributed by atoms with Crippen molar-refractivity contribution in [2.24, 2.45) is 0 Å². The van der Waals surface area contributed by atoms with Crippen LogP contribution >= 0.6 is 0 Å². The maximum Gasteiger partial charge on any atom is 0.0122 e. The third kappa shape index (κ3) is 12.0. The van der Waals surface area contributed by atoms with E-state index < -0.39 is 0 Å². The van der Waals surface area contributed by atoms with Gasteiger partial charge in [0.25, 0.3) is 0 Å². The predicted octanol–water partition coefficient (Wildman–Crippen LogP) is 4.87. The number of allylic oxidation sites excluding steroid dienone is 1.